The Kier molecular flexibility index (Phi) is 7.02. The first-order valence-electron chi connectivity index (χ1n) is 9.99. The van der Waals surface area contributed by atoms with Crippen LogP contribution in [0.3, 0.4) is 0 Å². The second kappa shape index (κ2) is 9.69. The summed E-state index contributed by atoms with van der Waals surface area (Å²) in [5.74, 6) is -0.240. The van der Waals surface area contributed by atoms with E-state index in [4.69, 9.17) is 4.74 Å². The van der Waals surface area contributed by atoms with Gasteiger partial charge in [-0.25, -0.2) is 0 Å². The number of carbonyl (C=O) groups is 1. The summed E-state index contributed by atoms with van der Waals surface area (Å²) in [6.07, 6.45) is 0. The lowest BCUT2D eigenvalue weighted by atomic mass is 10.0. The Hall–Kier alpha value is -2.97. The highest BCUT2D eigenvalue weighted by atomic mass is 16.6. The van der Waals surface area contributed by atoms with Gasteiger partial charge in [0.15, 0.2) is 0 Å². The van der Waals surface area contributed by atoms with E-state index in [0.29, 0.717) is 30.9 Å². The molecular formula is C22H28N4O4. The van der Waals surface area contributed by atoms with E-state index in [2.05, 4.69) is 34.5 Å². The largest absolute Gasteiger partial charge is 0.379 e. The van der Waals surface area contributed by atoms with E-state index in [0.717, 1.165) is 24.3 Å². The Morgan fingerprint density at radius 2 is 1.87 bits per heavy atom. The summed E-state index contributed by atoms with van der Waals surface area (Å²) in [4.78, 5) is 27.6. The van der Waals surface area contributed by atoms with Crippen molar-refractivity contribution >= 4 is 17.3 Å². The Balaban J connectivity index is 1.75. The molecule has 0 aromatic heterocycles. The molecule has 1 fully saturated rings. The molecule has 1 heterocycles. The number of nitrogens with zero attached hydrogens (tertiary/aromatic N) is 3. The molecule has 8 nitrogen and oxygen atoms in total. The molecule has 30 heavy (non-hydrogen) atoms. The quantitative estimate of drug-likeness (QED) is 0.556. The summed E-state index contributed by atoms with van der Waals surface area (Å²) in [7, 11) is 4.00. The third kappa shape index (κ3) is 5.14. The van der Waals surface area contributed by atoms with Crippen molar-refractivity contribution in [1.29, 1.82) is 0 Å². The summed E-state index contributed by atoms with van der Waals surface area (Å²) < 4.78 is 5.48. The number of carbonyl (C=O) groups excluding carboxylic acids is 1. The number of rotatable bonds is 7. The standard InChI is InChI=1S/C22H28N4O4/c1-16-14-18(6-9-20(16)26(28)29)22(27)23-15-21(25-10-12-30-13-11-25)17-4-7-19(8-5-17)24(2)3/h4-9,14,21H,10-13,15H2,1-3H3,(H,23,27). The summed E-state index contributed by atoms with van der Waals surface area (Å²) in [5, 5.41) is 14.0. The normalized spacial score (nSPS) is 15.4. The number of hydrogen-bond donors (Lipinski definition) is 1. The minimum Gasteiger partial charge on any atom is -0.379 e. The van der Waals surface area contributed by atoms with Crippen molar-refractivity contribution in [1.82, 2.24) is 10.2 Å². The van der Waals surface area contributed by atoms with Gasteiger partial charge in [0.1, 0.15) is 0 Å². The summed E-state index contributed by atoms with van der Waals surface area (Å²) in [6, 6.07) is 12.8. The molecule has 1 aliphatic heterocycles. The van der Waals surface area contributed by atoms with Crippen LogP contribution < -0.4 is 10.2 Å². The second-order valence-electron chi connectivity index (χ2n) is 7.62. The van der Waals surface area contributed by atoms with E-state index >= 15 is 0 Å². The van der Waals surface area contributed by atoms with E-state index in [1.165, 1.54) is 12.1 Å². The third-order valence-electron chi connectivity index (χ3n) is 5.39. The fraction of sp³-hybridized carbons (Fsp3) is 0.409. The van der Waals surface area contributed by atoms with Crippen molar-refractivity contribution in [2.45, 2.75) is 13.0 Å². The van der Waals surface area contributed by atoms with E-state index in [9.17, 15) is 14.9 Å². The van der Waals surface area contributed by atoms with Gasteiger partial charge >= 0.3 is 0 Å². The van der Waals surface area contributed by atoms with Gasteiger partial charge in [0.25, 0.3) is 11.6 Å². The molecule has 8 heteroatoms. The zero-order valence-corrected chi connectivity index (χ0v) is 17.6. The van der Waals surface area contributed by atoms with Crippen LogP contribution in [0, 0.1) is 17.0 Å². The molecule has 0 saturated carbocycles. The molecule has 1 atom stereocenters. The van der Waals surface area contributed by atoms with Crippen LogP contribution in [0.2, 0.25) is 0 Å². The number of morpholine rings is 1. The number of nitro benzene ring substituents is 1. The van der Waals surface area contributed by atoms with Gasteiger partial charge in [-0.05, 0) is 36.8 Å². The number of anilines is 1. The van der Waals surface area contributed by atoms with Crippen molar-refractivity contribution in [3.8, 4) is 0 Å². The van der Waals surface area contributed by atoms with Crippen molar-refractivity contribution in [2.75, 3.05) is 51.8 Å². The molecule has 160 valence electrons. The molecule has 1 N–H and O–H groups in total. The van der Waals surface area contributed by atoms with Crippen molar-refractivity contribution in [2.24, 2.45) is 0 Å². The maximum absolute atomic E-state index is 12.7. The monoisotopic (exact) mass is 412 g/mol. The van der Waals surface area contributed by atoms with E-state index in [1.807, 2.05) is 19.0 Å². The molecule has 1 unspecified atom stereocenters. The average Bonchev–Trinajstić information content (AvgIpc) is 2.74. The van der Waals surface area contributed by atoms with Crippen LogP contribution in [0.4, 0.5) is 11.4 Å². The van der Waals surface area contributed by atoms with E-state index in [1.54, 1.807) is 13.0 Å². The van der Waals surface area contributed by atoms with Crippen LogP contribution in [0.25, 0.3) is 0 Å². The molecule has 0 spiro atoms. The highest BCUT2D eigenvalue weighted by Gasteiger charge is 2.24. The lowest BCUT2D eigenvalue weighted by Crippen LogP contribution is -2.43. The number of ether oxygens (including phenoxy) is 1. The predicted octanol–water partition coefficient (Wildman–Crippen LogP) is 2.77. The number of benzene rings is 2. The van der Waals surface area contributed by atoms with Gasteiger partial charge in [-0.2, -0.15) is 0 Å². The van der Waals surface area contributed by atoms with Crippen LogP contribution in [-0.4, -0.2) is 62.7 Å². The van der Waals surface area contributed by atoms with Gasteiger partial charge in [0, 0.05) is 56.6 Å². The Labute approximate surface area is 176 Å². The lowest BCUT2D eigenvalue weighted by molar-refractivity contribution is -0.385. The summed E-state index contributed by atoms with van der Waals surface area (Å²) in [5.41, 5.74) is 3.14. The van der Waals surface area contributed by atoms with Gasteiger partial charge < -0.3 is 15.0 Å². The smallest absolute Gasteiger partial charge is 0.272 e. The summed E-state index contributed by atoms with van der Waals surface area (Å²) in [6.45, 7) is 5.01. The van der Waals surface area contributed by atoms with Crippen LogP contribution >= 0.6 is 0 Å². The third-order valence-corrected chi connectivity index (χ3v) is 5.39. The molecule has 1 saturated heterocycles. The maximum Gasteiger partial charge on any atom is 0.272 e. The molecule has 3 rings (SSSR count). The Bertz CT molecular complexity index is 893. The highest BCUT2D eigenvalue weighted by molar-refractivity contribution is 5.94. The first kappa shape index (κ1) is 21.7. The zero-order chi connectivity index (χ0) is 21.7. The first-order chi connectivity index (χ1) is 14.4. The molecule has 1 amide bonds. The second-order valence-corrected chi connectivity index (χ2v) is 7.62. The topological polar surface area (TPSA) is 88.0 Å². The lowest BCUT2D eigenvalue weighted by Gasteiger charge is -2.35. The summed E-state index contributed by atoms with van der Waals surface area (Å²) >= 11 is 0. The number of hydrogen-bond acceptors (Lipinski definition) is 6. The zero-order valence-electron chi connectivity index (χ0n) is 17.6. The SMILES string of the molecule is Cc1cc(C(=O)NCC(c2ccc(N(C)C)cc2)N2CCOCC2)ccc1[N+](=O)[O-]. The van der Waals surface area contributed by atoms with Gasteiger partial charge in [-0.1, -0.05) is 12.1 Å². The Morgan fingerprint density at radius 3 is 2.43 bits per heavy atom. The Morgan fingerprint density at radius 1 is 1.20 bits per heavy atom. The number of aryl methyl sites for hydroxylation is 1. The minimum absolute atomic E-state index is 0.0127. The number of nitro groups is 1. The van der Waals surface area contributed by atoms with Crippen LogP contribution in [0.15, 0.2) is 42.5 Å². The first-order valence-corrected chi connectivity index (χ1v) is 9.99. The minimum atomic E-state index is -0.442. The van der Waals surface area contributed by atoms with Gasteiger partial charge in [-0.15, -0.1) is 0 Å². The average molecular weight is 412 g/mol. The molecule has 0 aliphatic carbocycles. The molecule has 0 bridgehead atoms. The highest BCUT2D eigenvalue weighted by Crippen LogP contribution is 2.24. The predicted molar refractivity (Wildman–Crippen MR) is 116 cm³/mol. The van der Waals surface area contributed by atoms with Gasteiger partial charge in [-0.3, -0.25) is 19.8 Å². The van der Waals surface area contributed by atoms with Crippen molar-refractivity contribution in [3.63, 3.8) is 0 Å². The maximum atomic E-state index is 12.7. The molecular weight excluding hydrogens is 384 g/mol. The van der Waals surface area contributed by atoms with Gasteiger partial charge in [0.2, 0.25) is 0 Å². The van der Waals surface area contributed by atoms with E-state index < -0.39 is 4.92 Å². The van der Waals surface area contributed by atoms with Gasteiger partial charge in [0.05, 0.1) is 24.2 Å². The fourth-order valence-electron chi connectivity index (χ4n) is 3.63. The van der Waals surface area contributed by atoms with Crippen molar-refractivity contribution < 1.29 is 14.5 Å². The molecule has 1 aliphatic rings. The molecule has 2 aromatic carbocycles. The number of amides is 1. The fourth-order valence-corrected chi connectivity index (χ4v) is 3.63. The molecule has 0 radical (unpaired) electrons. The van der Waals surface area contributed by atoms with Crippen LogP contribution in [0.5, 0.6) is 0 Å². The van der Waals surface area contributed by atoms with Crippen molar-refractivity contribution in [3.05, 3.63) is 69.3 Å². The molecule has 2 aromatic rings. The van der Waals surface area contributed by atoms with Crippen LogP contribution in [-0.2, 0) is 4.74 Å². The van der Waals surface area contributed by atoms with Crippen LogP contribution in [0.1, 0.15) is 27.5 Å². The van der Waals surface area contributed by atoms with E-state index in [-0.39, 0.29) is 17.6 Å². The number of nitrogens with one attached hydrogen (secondary N) is 1.